The molecule has 0 N–H and O–H groups in total. The van der Waals surface area contributed by atoms with Gasteiger partial charge in [-0.1, -0.05) is 18.2 Å². The molecule has 132 valence electrons. The maximum atomic E-state index is 13.5. The van der Waals surface area contributed by atoms with Crippen LogP contribution in [0.1, 0.15) is 23.2 Å². The van der Waals surface area contributed by atoms with Crippen molar-refractivity contribution in [2.45, 2.75) is 18.9 Å². The highest BCUT2D eigenvalue weighted by atomic mass is 32.1. The van der Waals surface area contributed by atoms with Gasteiger partial charge in [-0.3, -0.25) is 14.7 Å². The van der Waals surface area contributed by atoms with Crippen LogP contribution >= 0.6 is 11.3 Å². The quantitative estimate of drug-likeness (QED) is 0.705. The summed E-state index contributed by atoms with van der Waals surface area (Å²) < 4.78 is 1.18. The van der Waals surface area contributed by atoms with Gasteiger partial charge in [0.2, 0.25) is 0 Å². The highest BCUT2D eigenvalue weighted by molar-refractivity contribution is 7.23. The standard InChI is InChI=1S/C21H21N3OS/c25-21(16-4-2-1-3-5-16)24(18-14-23-10-7-15(18)8-11-23)20-12-17-13-22-9-6-19(17)26-20/h1-6,9,12-13,15,18H,7-8,10-11,14H2/t18-/m0/s1. The normalized spacial score (nSPS) is 24.7. The Kier molecular flexibility index (Phi) is 3.98. The lowest BCUT2D eigenvalue weighted by Gasteiger charge is -2.48. The van der Waals surface area contributed by atoms with Crippen molar-refractivity contribution in [2.24, 2.45) is 5.92 Å². The van der Waals surface area contributed by atoms with Crippen molar-refractivity contribution in [3.05, 3.63) is 60.4 Å². The van der Waals surface area contributed by atoms with Gasteiger partial charge in [-0.05, 0) is 56.1 Å². The molecule has 6 rings (SSSR count). The molecule has 1 amide bonds. The van der Waals surface area contributed by atoms with Gasteiger partial charge in [0.15, 0.2) is 0 Å². The van der Waals surface area contributed by atoms with E-state index in [0.717, 1.165) is 22.5 Å². The van der Waals surface area contributed by atoms with E-state index in [9.17, 15) is 4.79 Å². The van der Waals surface area contributed by atoms with E-state index in [1.807, 2.05) is 48.8 Å². The van der Waals surface area contributed by atoms with E-state index >= 15 is 0 Å². The molecule has 3 saturated heterocycles. The number of pyridine rings is 1. The molecule has 5 heterocycles. The average Bonchev–Trinajstić information content (AvgIpc) is 3.13. The Balaban J connectivity index is 1.59. The summed E-state index contributed by atoms with van der Waals surface area (Å²) in [7, 11) is 0. The zero-order valence-corrected chi connectivity index (χ0v) is 15.4. The van der Waals surface area contributed by atoms with Crippen molar-refractivity contribution in [2.75, 3.05) is 24.5 Å². The molecule has 26 heavy (non-hydrogen) atoms. The van der Waals surface area contributed by atoms with E-state index in [-0.39, 0.29) is 11.9 Å². The second-order valence-electron chi connectivity index (χ2n) is 7.24. The fourth-order valence-electron chi connectivity index (χ4n) is 4.35. The molecule has 0 aliphatic carbocycles. The van der Waals surface area contributed by atoms with Gasteiger partial charge in [0.1, 0.15) is 0 Å². The first-order chi connectivity index (χ1) is 12.8. The second-order valence-corrected chi connectivity index (χ2v) is 8.31. The minimum atomic E-state index is 0.115. The number of benzene rings is 1. The van der Waals surface area contributed by atoms with Crippen LogP contribution in [0.15, 0.2) is 54.9 Å². The van der Waals surface area contributed by atoms with E-state index in [1.54, 1.807) is 11.3 Å². The Morgan fingerprint density at radius 1 is 1.15 bits per heavy atom. The lowest BCUT2D eigenvalue weighted by Crippen LogP contribution is -2.58. The van der Waals surface area contributed by atoms with Gasteiger partial charge in [0.25, 0.3) is 5.91 Å². The van der Waals surface area contributed by atoms with Crippen molar-refractivity contribution >= 4 is 32.3 Å². The van der Waals surface area contributed by atoms with E-state index in [0.29, 0.717) is 5.92 Å². The van der Waals surface area contributed by atoms with Crippen molar-refractivity contribution in [3.8, 4) is 0 Å². The van der Waals surface area contributed by atoms with Crippen molar-refractivity contribution in [1.82, 2.24) is 9.88 Å². The van der Waals surface area contributed by atoms with Crippen LogP contribution in [0.4, 0.5) is 5.00 Å². The molecule has 0 spiro atoms. The molecule has 3 aliphatic heterocycles. The van der Waals surface area contributed by atoms with Crippen LogP contribution in [-0.4, -0.2) is 41.5 Å². The van der Waals surface area contributed by atoms with Crippen LogP contribution in [0, 0.1) is 5.92 Å². The van der Waals surface area contributed by atoms with Crippen LogP contribution in [0.25, 0.3) is 10.1 Å². The van der Waals surface area contributed by atoms with E-state index in [4.69, 9.17) is 0 Å². The summed E-state index contributed by atoms with van der Waals surface area (Å²) in [4.78, 5) is 22.3. The molecule has 1 aromatic carbocycles. The van der Waals surface area contributed by atoms with Crippen LogP contribution in [0.3, 0.4) is 0 Å². The third kappa shape index (κ3) is 2.72. The predicted octanol–water partition coefficient (Wildman–Crippen LogP) is 4.04. The molecule has 5 heteroatoms. The largest absolute Gasteiger partial charge is 0.301 e. The summed E-state index contributed by atoms with van der Waals surface area (Å²) in [5, 5.41) is 2.15. The molecule has 0 radical (unpaired) electrons. The van der Waals surface area contributed by atoms with Gasteiger partial charge < -0.3 is 4.90 Å². The molecule has 2 aromatic heterocycles. The monoisotopic (exact) mass is 363 g/mol. The first kappa shape index (κ1) is 16.0. The predicted molar refractivity (Wildman–Crippen MR) is 106 cm³/mol. The molecule has 3 aromatic rings. The first-order valence-corrected chi connectivity index (χ1v) is 10.1. The fraction of sp³-hybridized carbons (Fsp3) is 0.333. The number of carbonyl (C=O) groups excluding carboxylic acids is 1. The minimum absolute atomic E-state index is 0.115. The summed E-state index contributed by atoms with van der Waals surface area (Å²) in [5.74, 6) is 0.708. The van der Waals surface area contributed by atoms with Crippen LogP contribution < -0.4 is 4.90 Å². The number of thiophene rings is 1. The molecular formula is C21H21N3OS. The topological polar surface area (TPSA) is 36.4 Å². The van der Waals surface area contributed by atoms with E-state index in [2.05, 4.69) is 20.9 Å². The molecule has 1 atom stereocenters. The lowest BCUT2D eigenvalue weighted by molar-refractivity contribution is 0.0736. The van der Waals surface area contributed by atoms with Gasteiger partial charge in [-0.2, -0.15) is 0 Å². The fourth-order valence-corrected chi connectivity index (χ4v) is 5.44. The summed E-state index contributed by atoms with van der Waals surface area (Å²) >= 11 is 1.70. The van der Waals surface area contributed by atoms with Crippen LogP contribution in [0.2, 0.25) is 0 Å². The summed E-state index contributed by atoms with van der Waals surface area (Å²) in [6.07, 6.45) is 6.09. The van der Waals surface area contributed by atoms with Gasteiger partial charge in [-0.15, -0.1) is 11.3 Å². The minimum Gasteiger partial charge on any atom is -0.301 e. The van der Waals surface area contributed by atoms with Crippen LogP contribution in [0.5, 0.6) is 0 Å². The number of fused-ring (bicyclic) bond motifs is 4. The highest BCUT2D eigenvalue weighted by Crippen LogP contribution is 2.39. The number of anilines is 1. The SMILES string of the molecule is O=C(c1ccccc1)N(c1cc2cnccc2s1)[C@H]1CN2CCC1CC2. The Hall–Kier alpha value is -2.24. The molecule has 4 nitrogen and oxygen atoms in total. The molecule has 3 aliphatic rings. The molecule has 0 unspecified atom stereocenters. The third-order valence-electron chi connectivity index (χ3n) is 5.73. The maximum Gasteiger partial charge on any atom is 0.259 e. The number of hydrogen-bond acceptors (Lipinski definition) is 4. The Morgan fingerprint density at radius 2 is 1.96 bits per heavy atom. The van der Waals surface area contributed by atoms with Crippen LogP contribution in [-0.2, 0) is 0 Å². The average molecular weight is 363 g/mol. The highest BCUT2D eigenvalue weighted by Gasteiger charge is 2.40. The van der Waals surface area contributed by atoms with Gasteiger partial charge in [0, 0.05) is 34.6 Å². The van der Waals surface area contributed by atoms with Gasteiger partial charge in [0.05, 0.1) is 11.0 Å². The lowest BCUT2D eigenvalue weighted by atomic mass is 9.83. The number of piperidine rings is 3. The Bertz CT molecular complexity index is 898. The number of rotatable bonds is 3. The first-order valence-electron chi connectivity index (χ1n) is 9.24. The Labute approximate surface area is 157 Å². The maximum absolute atomic E-state index is 13.5. The van der Waals surface area contributed by atoms with Gasteiger partial charge in [-0.25, -0.2) is 0 Å². The van der Waals surface area contributed by atoms with E-state index < -0.39 is 0 Å². The summed E-state index contributed by atoms with van der Waals surface area (Å²) in [6, 6.07) is 14.1. The molecule has 2 bridgehead atoms. The number of aromatic nitrogens is 1. The molecule has 0 saturated carbocycles. The smallest absolute Gasteiger partial charge is 0.259 e. The van der Waals surface area contributed by atoms with Crippen molar-refractivity contribution in [3.63, 3.8) is 0 Å². The number of carbonyl (C=O) groups is 1. The summed E-state index contributed by atoms with van der Waals surface area (Å²) in [5.41, 5.74) is 0.763. The van der Waals surface area contributed by atoms with Gasteiger partial charge >= 0.3 is 0 Å². The third-order valence-corrected chi connectivity index (χ3v) is 6.85. The van der Waals surface area contributed by atoms with E-state index in [1.165, 1.54) is 30.6 Å². The second kappa shape index (κ2) is 6.49. The Morgan fingerprint density at radius 3 is 2.65 bits per heavy atom. The summed E-state index contributed by atoms with van der Waals surface area (Å²) in [6.45, 7) is 3.32. The number of hydrogen-bond donors (Lipinski definition) is 0. The number of amides is 1. The van der Waals surface area contributed by atoms with Crippen molar-refractivity contribution in [1.29, 1.82) is 0 Å². The van der Waals surface area contributed by atoms with Crippen molar-refractivity contribution < 1.29 is 4.79 Å². The number of nitrogens with zero attached hydrogens (tertiary/aromatic N) is 3. The molecular weight excluding hydrogens is 342 g/mol. The molecule has 3 fully saturated rings. The zero-order chi connectivity index (χ0) is 17.5. The zero-order valence-electron chi connectivity index (χ0n) is 14.5.